The van der Waals surface area contributed by atoms with Crippen molar-refractivity contribution in [1.82, 2.24) is 9.97 Å². The fraction of sp³-hybridized carbons (Fsp3) is 0.0385. The summed E-state index contributed by atoms with van der Waals surface area (Å²) in [5, 5.41) is 2.87. The van der Waals surface area contributed by atoms with Crippen molar-refractivity contribution in [3.05, 3.63) is 111 Å². The Balaban J connectivity index is 1.62. The third-order valence-corrected chi connectivity index (χ3v) is 5.43. The maximum Gasteiger partial charge on any atom is 0.230 e. The molecule has 4 aromatic rings. The van der Waals surface area contributed by atoms with E-state index in [4.69, 9.17) is 0 Å². The summed E-state index contributed by atoms with van der Waals surface area (Å²) in [6.45, 7) is 0. The van der Waals surface area contributed by atoms with Crippen LogP contribution in [0.4, 0.5) is 10.2 Å². The molecular weight excluding hydrogens is 516 g/mol. The van der Waals surface area contributed by atoms with Gasteiger partial charge in [0.25, 0.3) is 0 Å². The van der Waals surface area contributed by atoms with E-state index in [-0.39, 0.29) is 18.1 Å². The normalized spacial score (nSPS) is 10.9. The number of anilines is 1. The van der Waals surface area contributed by atoms with Gasteiger partial charge in [0.05, 0.1) is 18.3 Å². The third kappa shape index (κ3) is 5.85. The number of halogens is 2. The fourth-order valence-corrected chi connectivity index (χ4v) is 3.44. The Morgan fingerprint density at radius 2 is 1.66 bits per heavy atom. The van der Waals surface area contributed by atoms with Gasteiger partial charge in [0.2, 0.25) is 5.91 Å². The number of hydrogen-bond donors (Lipinski definition) is 1. The number of carbonyl (C=O) groups excluding carboxylic acids is 1. The van der Waals surface area contributed by atoms with Gasteiger partial charge in [-0.25, -0.2) is 14.4 Å². The molecule has 32 heavy (non-hydrogen) atoms. The van der Waals surface area contributed by atoms with Gasteiger partial charge in [0, 0.05) is 9.13 Å². The predicted octanol–water partition coefficient (Wildman–Crippen LogP) is 6.24. The lowest BCUT2D eigenvalue weighted by Gasteiger charge is -2.10. The Kier molecular flexibility index (Phi) is 7.01. The molecule has 0 unspecified atom stereocenters. The van der Waals surface area contributed by atoms with Crippen molar-refractivity contribution >= 4 is 46.5 Å². The van der Waals surface area contributed by atoms with Crippen LogP contribution < -0.4 is 5.32 Å². The molecule has 0 radical (unpaired) electrons. The molecule has 3 aromatic carbocycles. The highest BCUT2D eigenvalue weighted by Crippen LogP contribution is 2.22. The second-order valence-corrected chi connectivity index (χ2v) is 8.34. The molecule has 6 heteroatoms. The number of carbonyl (C=O) groups is 1. The number of rotatable bonds is 6. The lowest BCUT2D eigenvalue weighted by Crippen LogP contribution is -2.16. The van der Waals surface area contributed by atoms with E-state index in [0.29, 0.717) is 17.2 Å². The van der Waals surface area contributed by atoms with Crippen LogP contribution >= 0.6 is 22.6 Å². The summed E-state index contributed by atoms with van der Waals surface area (Å²) in [6, 6.07) is 23.7. The molecule has 0 aliphatic carbocycles. The maximum atomic E-state index is 13.3. The van der Waals surface area contributed by atoms with E-state index in [9.17, 15) is 9.18 Å². The summed E-state index contributed by atoms with van der Waals surface area (Å²) in [6.07, 6.45) is 5.54. The molecule has 0 bridgehead atoms. The summed E-state index contributed by atoms with van der Waals surface area (Å²) in [5.41, 5.74) is 3.77. The smallest absolute Gasteiger partial charge is 0.230 e. The highest BCUT2D eigenvalue weighted by Gasteiger charge is 2.11. The molecule has 0 fully saturated rings. The molecule has 4 rings (SSSR count). The van der Waals surface area contributed by atoms with Gasteiger partial charge in [-0.05, 0) is 76.2 Å². The molecule has 0 saturated heterocycles. The molecule has 158 valence electrons. The second kappa shape index (κ2) is 10.3. The van der Waals surface area contributed by atoms with Crippen LogP contribution in [-0.4, -0.2) is 15.9 Å². The minimum atomic E-state index is -0.314. The van der Waals surface area contributed by atoms with E-state index in [1.165, 1.54) is 12.1 Å². The highest BCUT2D eigenvalue weighted by molar-refractivity contribution is 14.1. The Labute approximate surface area is 199 Å². The van der Waals surface area contributed by atoms with E-state index >= 15 is 0 Å². The number of amides is 1. The number of hydrogen-bond acceptors (Lipinski definition) is 3. The van der Waals surface area contributed by atoms with Crippen LogP contribution in [0.2, 0.25) is 0 Å². The standard InChI is InChI=1S/C26H19FIN3O/c27-21-11-9-20(10-12-21)24-17-29-26(23(30-24)15-8-18-4-2-1-3-5-18)31-25(32)16-19-6-13-22(28)14-7-19/h1-15,17H,16H2,(H,29,31,32). The lowest BCUT2D eigenvalue weighted by molar-refractivity contribution is -0.115. The van der Waals surface area contributed by atoms with Gasteiger partial charge < -0.3 is 5.32 Å². The number of nitrogens with one attached hydrogen (secondary N) is 1. The quantitative estimate of drug-likeness (QED) is 0.298. The van der Waals surface area contributed by atoms with Crippen molar-refractivity contribution < 1.29 is 9.18 Å². The molecule has 1 amide bonds. The van der Waals surface area contributed by atoms with Crippen LogP contribution in [0.15, 0.2) is 85.1 Å². The first-order chi connectivity index (χ1) is 15.6. The predicted molar refractivity (Wildman–Crippen MR) is 134 cm³/mol. The van der Waals surface area contributed by atoms with E-state index in [1.54, 1.807) is 18.3 Å². The molecule has 1 heterocycles. The zero-order valence-electron chi connectivity index (χ0n) is 17.0. The topological polar surface area (TPSA) is 54.9 Å². The first-order valence-corrected chi connectivity index (χ1v) is 11.0. The van der Waals surface area contributed by atoms with Crippen LogP contribution in [0.5, 0.6) is 0 Å². The van der Waals surface area contributed by atoms with Crippen LogP contribution in [0, 0.1) is 9.39 Å². The maximum absolute atomic E-state index is 13.3. The summed E-state index contributed by atoms with van der Waals surface area (Å²) < 4.78 is 14.4. The van der Waals surface area contributed by atoms with Crippen molar-refractivity contribution in [2.75, 3.05) is 5.32 Å². The SMILES string of the molecule is O=C(Cc1ccc(I)cc1)Nc1ncc(-c2ccc(F)cc2)nc1C=Cc1ccccc1. The van der Waals surface area contributed by atoms with E-state index in [1.807, 2.05) is 66.7 Å². The largest absolute Gasteiger partial charge is 0.309 e. The Bertz CT molecular complexity index is 1240. The Morgan fingerprint density at radius 3 is 2.38 bits per heavy atom. The van der Waals surface area contributed by atoms with Crippen molar-refractivity contribution in [1.29, 1.82) is 0 Å². The van der Waals surface area contributed by atoms with Gasteiger partial charge in [-0.3, -0.25) is 4.79 Å². The van der Waals surface area contributed by atoms with Gasteiger partial charge in [0.15, 0.2) is 5.82 Å². The third-order valence-electron chi connectivity index (χ3n) is 4.71. The van der Waals surface area contributed by atoms with Gasteiger partial charge in [0.1, 0.15) is 11.5 Å². The Morgan fingerprint density at radius 1 is 0.938 bits per heavy atom. The molecule has 0 aliphatic rings. The van der Waals surface area contributed by atoms with Crippen LogP contribution in [0.1, 0.15) is 16.8 Å². The molecule has 1 N–H and O–H groups in total. The molecule has 0 spiro atoms. The van der Waals surface area contributed by atoms with Gasteiger partial charge in [-0.2, -0.15) is 0 Å². The Hall–Kier alpha value is -3.39. The summed E-state index contributed by atoms with van der Waals surface area (Å²) >= 11 is 2.23. The fourth-order valence-electron chi connectivity index (χ4n) is 3.08. The summed E-state index contributed by atoms with van der Waals surface area (Å²) in [4.78, 5) is 21.8. The average Bonchev–Trinajstić information content (AvgIpc) is 2.81. The zero-order valence-corrected chi connectivity index (χ0v) is 19.2. The number of benzene rings is 3. The second-order valence-electron chi connectivity index (χ2n) is 7.09. The van der Waals surface area contributed by atoms with Gasteiger partial charge in [-0.15, -0.1) is 0 Å². The number of aromatic nitrogens is 2. The monoisotopic (exact) mass is 535 g/mol. The van der Waals surface area contributed by atoms with E-state index in [0.717, 1.165) is 20.3 Å². The van der Waals surface area contributed by atoms with Crippen molar-refractivity contribution in [3.63, 3.8) is 0 Å². The first-order valence-electron chi connectivity index (χ1n) is 9.97. The molecular formula is C26H19FIN3O. The summed E-state index contributed by atoms with van der Waals surface area (Å²) in [5.74, 6) is -0.117. The van der Waals surface area contributed by atoms with Gasteiger partial charge in [-0.1, -0.05) is 48.5 Å². The minimum Gasteiger partial charge on any atom is -0.309 e. The van der Waals surface area contributed by atoms with Crippen molar-refractivity contribution in [2.24, 2.45) is 0 Å². The highest BCUT2D eigenvalue weighted by atomic mass is 127. The van der Waals surface area contributed by atoms with Crippen LogP contribution in [0.3, 0.4) is 0 Å². The lowest BCUT2D eigenvalue weighted by atomic mass is 10.1. The van der Waals surface area contributed by atoms with Crippen molar-refractivity contribution in [3.8, 4) is 11.3 Å². The van der Waals surface area contributed by atoms with Crippen LogP contribution in [-0.2, 0) is 11.2 Å². The van der Waals surface area contributed by atoms with Gasteiger partial charge >= 0.3 is 0 Å². The minimum absolute atomic E-state index is 0.176. The molecule has 0 aliphatic heterocycles. The average molecular weight is 535 g/mol. The van der Waals surface area contributed by atoms with E-state index < -0.39 is 0 Å². The first kappa shape index (κ1) is 21.8. The zero-order chi connectivity index (χ0) is 22.3. The van der Waals surface area contributed by atoms with E-state index in [2.05, 4.69) is 37.9 Å². The number of nitrogens with zero attached hydrogens (tertiary/aromatic N) is 2. The van der Waals surface area contributed by atoms with Crippen LogP contribution in [0.25, 0.3) is 23.4 Å². The summed E-state index contributed by atoms with van der Waals surface area (Å²) in [7, 11) is 0. The van der Waals surface area contributed by atoms with Crippen molar-refractivity contribution in [2.45, 2.75) is 6.42 Å². The molecule has 4 nitrogen and oxygen atoms in total. The molecule has 0 atom stereocenters. The molecule has 1 aromatic heterocycles. The molecule has 0 saturated carbocycles.